The number of nitrogens with two attached hydrogens (primary N) is 1. The first-order chi connectivity index (χ1) is 2.77. The molecule has 0 aromatic heterocycles. The number of epoxide rings is 1. The van der Waals surface area contributed by atoms with Gasteiger partial charge in [0.05, 0.1) is 0 Å². The van der Waals surface area contributed by atoms with Crippen molar-refractivity contribution in [2.75, 3.05) is 13.2 Å². The van der Waals surface area contributed by atoms with E-state index in [-0.39, 0.29) is 6.54 Å². The van der Waals surface area contributed by atoms with E-state index in [1.54, 1.807) is 0 Å². The SMILES string of the molecule is NCC1(O)CO1. The molecule has 0 aromatic carbocycles. The Labute approximate surface area is 35.7 Å². The van der Waals surface area contributed by atoms with Crippen LogP contribution in [0.15, 0.2) is 0 Å². The Morgan fingerprint density at radius 3 is 2.50 bits per heavy atom. The summed E-state index contributed by atoms with van der Waals surface area (Å²) in [6, 6.07) is 0. The maximum atomic E-state index is 8.59. The van der Waals surface area contributed by atoms with E-state index in [0.717, 1.165) is 0 Å². The van der Waals surface area contributed by atoms with Gasteiger partial charge in [0.15, 0.2) is 0 Å². The second-order valence-corrected chi connectivity index (χ2v) is 1.44. The van der Waals surface area contributed by atoms with Crippen molar-refractivity contribution in [2.24, 2.45) is 5.73 Å². The fourth-order valence-electron chi connectivity index (χ4n) is 0.201. The molecule has 3 N–H and O–H groups in total. The second kappa shape index (κ2) is 0.932. The highest BCUT2D eigenvalue weighted by Gasteiger charge is 2.40. The van der Waals surface area contributed by atoms with Crippen LogP contribution < -0.4 is 5.73 Å². The van der Waals surface area contributed by atoms with Crippen LogP contribution in [0.5, 0.6) is 0 Å². The van der Waals surface area contributed by atoms with Crippen LogP contribution in [-0.2, 0) is 4.74 Å². The maximum absolute atomic E-state index is 8.59. The van der Waals surface area contributed by atoms with Crippen molar-refractivity contribution in [2.45, 2.75) is 5.79 Å². The molecule has 1 atom stereocenters. The molecule has 1 aliphatic heterocycles. The molecule has 3 heteroatoms. The molecule has 1 aliphatic rings. The van der Waals surface area contributed by atoms with Crippen LogP contribution in [0.2, 0.25) is 0 Å². The van der Waals surface area contributed by atoms with Gasteiger partial charge in [-0.15, -0.1) is 0 Å². The third-order valence-electron chi connectivity index (χ3n) is 0.797. The molecule has 0 aliphatic carbocycles. The third kappa shape index (κ3) is 0.518. The van der Waals surface area contributed by atoms with Gasteiger partial charge in [0.1, 0.15) is 6.61 Å². The molecule has 6 heavy (non-hydrogen) atoms. The quantitative estimate of drug-likeness (QED) is 0.391. The summed E-state index contributed by atoms with van der Waals surface area (Å²) in [6.07, 6.45) is 0. The fraction of sp³-hybridized carbons (Fsp3) is 1.00. The van der Waals surface area contributed by atoms with Crippen LogP contribution in [0.25, 0.3) is 0 Å². The van der Waals surface area contributed by atoms with Crippen LogP contribution in [-0.4, -0.2) is 24.0 Å². The average molecular weight is 89.1 g/mol. The molecule has 0 bridgehead atoms. The Morgan fingerprint density at radius 2 is 2.50 bits per heavy atom. The Kier molecular flexibility index (Phi) is 0.629. The molecular formula is C3H7NO2. The normalized spacial score (nSPS) is 43.0. The number of ether oxygens (including phenoxy) is 1. The van der Waals surface area contributed by atoms with Gasteiger partial charge in [-0.25, -0.2) is 0 Å². The van der Waals surface area contributed by atoms with Crippen molar-refractivity contribution in [1.29, 1.82) is 0 Å². The number of hydrogen-bond donors (Lipinski definition) is 2. The van der Waals surface area contributed by atoms with E-state index in [4.69, 9.17) is 10.8 Å². The molecule has 1 unspecified atom stereocenters. The van der Waals surface area contributed by atoms with Crippen LogP contribution in [0.1, 0.15) is 0 Å². The lowest BCUT2D eigenvalue weighted by Gasteiger charge is -1.92. The highest BCUT2D eigenvalue weighted by Crippen LogP contribution is 2.19. The summed E-state index contributed by atoms with van der Waals surface area (Å²) >= 11 is 0. The summed E-state index contributed by atoms with van der Waals surface area (Å²) in [5.41, 5.74) is 4.99. The van der Waals surface area contributed by atoms with Crippen molar-refractivity contribution in [3.8, 4) is 0 Å². The van der Waals surface area contributed by atoms with Gasteiger partial charge in [-0.05, 0) is 0 Å². The summed E-state index contributed by atoms with van der Waals surface area (Å²) in [4.78, 5) is 0. The predicted molar refractivity (Wildman–Crippen MR) is 20.0 cm³/mol. The lowest BCUT2D eigenvalue weighted by molar-refractivity contribution is 0.0451. The van der Waals surface area contributed by atoms with Crippen molar-refractivity contribution < 1.29 is 9.84 Å². The van der Waals surface area contributed by atoms with Gasteiger partial charge >= 0.3 is 0 Å². The van der Waals surface area contributed by atoms with E-state index in [2.05, 4.69) is 4.74 Å². The number of hydrogen-bond acceptors (Lipinski definition) is 3. The van der Waals surface area contributed by atoms with Gasteiger partial charge in [-0.3, -0.25) is 0 Å². The first kappa shape index (κ1) is 4.05. The smallest absolute Gasteiger partial charge is 0.202 e. The van der Waals surface area contributed by atoms with E-state index in [1.807, 2.05) is 0 Å². The zero-order valence-corrected chi connectivity index (χ0v) is 3.35. The summed E-state index contributed by atoms with van der Waals surface area (Å²) in [5.74, 6) is -0.931. The standard InChI is InChI=1S/C3H7NO2/c4-1-3(5)2-6-3/h5H,1-2,4H2. The molecule has 1 saturated heterocycles. The molecule has 0 spiro atoms. The van der Waals surface area contributed by atoms with Crippen molar-refractivity contribution in [3.63, 3.8) is 0 Å². The van der Waals surface area contributed by atoms with Crippen LogP contribution in [0, 0.1) is 0 Å². The van der Waals surface area contributed by atoms with Crippen LogP contribution in [0.3, 0.4) is 0 Å². The zero-order valence-electron chi connectivity index (χ0n) is 3.35. The highest BCUT2D eigenvalue weighted by molar-refractivity contribution is 4.78. The Hall–Kier alpha value is -0.120. The molecular weight excluding hydrogens is 82.0 g/mol. The van der Waals surface area contributed by atoms with Crippen molar-refractivity contribution >= 4 is 0 Å². The molecule has 3 nitrogen and oxygen atoms in total. The highest BCUT2D eigenvalue weighted by atomic mass is 16.7. The summed E-state index contributed by atoms with van der Waals surface area (Å²) in [5, 5.41) is 8.59. The Balaban J connectivity index is 2.28. The zero-order chi connectivity index (χ0) is 4.62. The monoisotopic (exact) mass is 89.0 g/mol. The van der Waals surface area contributed by atoms with Crippen LogP contribution in [0.4, 0.5) is 0 Å². The molecule has 0 radical (unpaired) electrons. The maximum Gasteiger partial charge on any atom is 0.202 e. The van der Waals surface area contributed by atoms with Crippen LogP contribution >= 0.6 is 0 Å². The van der Waals surface area contributed by atoms with E-state index in [0.29, 0.717) is 6.61 Å². The predicted octanol–water partition coefficient (Wildman–Crippen LogP) is -1.34. The second-order valence-electron chi connectivity index (χ2n) is 1.44. The molecule has 36 valence electrons. The van der Waals surface area contributed by atoms with Gasteiger partial charge in [-0.1, -0.05) is 0 Å². The molecule has 1 rings (SSSR count). The van der Waals surface area contributed by atoms with E-state index >= 15 is 0 Å². The van der Waals surface area contributed by atoms with Gasteiger partial charge in [0.25, 0.3) is 0 Å². The first-order valence-corrected chi connectivity index (χ1v) is 1.83. The minimum atomic E-state index is -0.931. The fourth-order valence-corrected chi connectivity index (χ4v) is 0.201. The number of aliphatic hydroxyl groups is 1. The largest absolute Gasteiger partial charge is 0.363 e. The lowest BCUT2D eigenvalue weighted by Crippen LogP contribution is -2.22. The molecule has 0 amide bonds. The lowest BCUT2D eigenvalue weighted by atomic mass is 10.4. The summed E-state index contributed by atoms with van der Waals surface area (Å²) in [6.45, 7) is 0.622. The van der Waals surface area contributed by atoms with Gasteiger partial charge < -0.3 is 15.6 Å². The number of rotatable bonds is 1. The molecule has 0 saturated carbocycles. The van der Waals surface area contributed by atoms with E-state index < -0.39 is 5.79 Å². The van der Waals surface area contributed by atoms with E-state index in [1.165, 1.54) is 0 Å². The van der Waals surface area contributed by atoms with Gasteiger partial charge in [0.2, 0.25) is 5.79 Å². The minimum Gasteiger partial charge on any atom is -0.363 e. The topological polar surface area (TPSA) is 58.8 Å². The average Bonchev–Trinajstić information content (AvgIpc) is 2.22. The first-order valence-electron chi connectivity index (χ1n) is 1.83. The Bertz CT molecular complexity index is 59.8. The van der Waals surface area contributed by atoms with Gasteiger partial charge in [0, 0.05) is 6.54 Å². The molecule has 0 aromatic rings. The minimum absolute atomic E-state index is 0.215. The third-order valence-corrected chi connectivity index (χ3v) is 0.797. The molecule has 1 fully saturated rings. The Morgan fingerprint density at radius 1 is 2.00 bits per heavy atom. The van der Waals surface area contributed by atoms with E-state index in [9.17, 15) is 0 Å². The van der Waals surface area contributed by atoms with Crippen molar-refractivity contribution in [3.05, 3.63) is 0 Å². The van der Waals surface area contributed by atoms with Gasteiger partial charge in [-0.2, -0.15) is 0 Å². The summed E-state index contributed by atoms with van der Waals surface area (Å²) < 4.78 is 4.48. The molecule has 1 heterocycles. The summed E-state index contributed by atoms with van der Waals surface area (Å²) in [7, 11) is 0. The van der Waals surface area contributed by atoms with Crippen molar-refractivity contribution in [1.82, 2.24) is 0 Å².